The molecule has 1 aliphatic heterocycles. The third kappa shape index (κ3) is 1.06. The van der Waals surface area contributed by atoms with Crippen LogP contribution in [0, 0.1) is 0 Å². The molecule has 2 heteroatoms. The topological polar surface area (TPSA) is 21.3 Å². The van der Waals surface area contributed by atoms with Gasteiger partial charge in [-0.1, -0.05) is 19.3 Å². The number of hydrogen-bond donors (Lipinski definition) is 1. The van der Waals surface area contributed by atoms with Crippen molar-refractivity contribution in [2.24, 2.45) is 0 Å². The van der Waals surface area contributed by atoms with E-state index in [1.807, 2.05) is 0 Å². The number of hydroxylamine groups is 1. The van der Waals surface area contributed by atoms with Crippen LogP contribution in [0.4, 0.5) is 0 Å². The molecule has 0 radical (unpaired) electrons. The lowest BCUT2D eigenvalue weighted by Gasteiger charge is -2.32. The maximum atomic E-state index is 5.68. The molecule has 0 bridgehead atoms. The van der Waals surface area contributed by atoms with E-state index < -0.39 is 0 Å². The minimum Gasteiger partial charge on any atom is -0.270 e. The summed E-state index contributed by atoms with van der Waals surface area (Å²) in [5.41, 5.74) is 5.72. The van der Waals surface area contributed by atoms with Crippen LogP contribution in [0.3, 0.4) is 0 Å². The first-order valence-corrected chi connectivity index (χ1v) is 4.87. The molecule has 2 rings (SSSR count). The lowest BCUT2D eigenvalue weighted by Crippen LogP contribution is -2.34. The third-order valence-corrected chi connectivity index (χ3v) is 3.31. The van der Waals surface area contributed by atoms with Gasteiger partial charge in [0.1, 0.15) is 5.60 Å². The smallest absolute Gasteiger partial charge is 0.119 e. The third-order valence-electron chi connectivity index (χ3n) is 3.31. The summed E-state index contributed by atoms with van der Waals surface area (Å²) >= 11 is 0. The molecule has 1 fully saturated rings. The summed E-state index contributed by atoms with van der Waals surface area (Å²) in [6.45, 7) is 4.29. The molecule has 0 unspecified atom stereocenters. The van der Waals surface area contributed by atoms with Gasteiger partial charge in [-0.3, -0.25) is 10.3 Å². The van der Waals surface area contributed by atoms with Crippen molar-refractivity contribution in [1.82, 2.24) is 5.48 Å². The number of nitrogens with one attached hydrogen (secondary N) is 1. The number of allylic oxidation sites excluding steroid dienone is 1. The zero-order valence-corrected chi connectivity index (χ0v) is 7.94. The first-order chi connectivity index (χ1) is 5.75. The minimum atomic E-state index is 0.0718. The van der Waals surface area contributed by atoms with Gasteiger partial charge in [-0.25, -0.2) is 0 Å². The fourth-order valence-electron chi connectivity index (χ4n) is 2.27. The van der Waals surface area contributed by atoms with Crippen LogP contribution in [0.2, 0.25) is 0 Å². The molecule has 2 aliphatic rings. The highest BCUT2D eigenvalue weighted by Gasteiger charge is 2.40. The summed E-state index contributed by atoms with van der Waals surface area (Å²) in [4.78, 5) is 5.68. The van der Waals surface area contributed by atoms with Crippen LogP contribution in [-0.2, 0) is 4.84 Å². The molecule has 0 amide bonds. The van der Waals surface area contributed by atoms with Crippen molar-refractivity contribution in [3.05, 3.63) is 11.3 Å². The maximum Gasteiger partial charge on any atom is 0.119 e. The maximum absolute atomic E-state index is 5.68. The van der Waals surface area contributed by atoms with Gasteiger partial charge in [0.2, 0.25) is 0 Å². The average molecular weight is 167 g/mol. The largest absolute Gasteiger partial charge is 0.270 e. The van der Waals surface area contributed by atoms with Crippen LogP contribution >= 0.6 is 0 Å². The van der Waals surface area contributed by atoms with Crippen LogP contribution in [0.1, 0.15) is 46.0 Å². The molecule has 68 valence electrons. The van der Waals surface area contributed by atoms with E-state index in [-0.39, 0.29) is 5.60 Å². The van der Waals surface area contributed by atoms with E-state index in [0.717, 1.165) is 0 Å². The van der Waals surface area contributed by atoms with Crippen molar-refractivity contribution in [3.8, 4) is 0 Å². The molecule has 1 N–H and O–H groups in total. The highest BCUT2D eigenvalue weighted by molar-refractivity contribution is 5.23. The molecule has 1 saturated carbocycles. The molecule has 1 aliphatic carbocycles. The Morgan fingerprint density at radius 1 is 1.17 bits per heavy atom. The van der Waals surface area contributed by atoms with Crippen LogP contribution in [0.25, 0.3) is 0 Å². The highest BCUT2D eigenvalue weighted by atomic mass is 16.7. The Kier molecular flexibility index (Phi) is 1.87. The van der Waals surface area contributed by atoms with Crippen molar-refractivity contribution in [2.45, 2.75) is 51.6 Å². The van der Waals surface area contributed by atoms with E-state index in [1.54, 1.807) is 0 Å². The van der Waals surface area contributed by atoms with Crippen molar-refractivity contribution in [2.75, 3.05) is 0 Å². The van der Waals surface area contributed by atoms with Gasteiger partial charge >= 0.3 is 0 Å². The van der Waals surface area contributed by atoms with Crippen LogP contribution in [0.15, 0.2) is 11.3 Å². The predicted molar refractivity (Wildman–Crippen MR) is 48.4 cm³/mol. The Balaban J connectivity index is 2.21. The fraction of sp³-hybridized carbons (Fsp3) is 0.800. The summed E-state index contributed by atoms with van der Waals surface area (Å²) < 4.78 is 0. The van der Waals surface area contributed by atoms with Crippen molar-refractivity contribution in [3.63, 3.8) is 0 Å². The molecule has 1 spiro atoms. The average Bonchev–Trinajstić information content (AvgIpc) is 2.37. The van der Waals surface area contributed by atoms with E-state index in [9.17, 15) is 0 Å². The van der Waals surface area contributed by atoms with Gasteiger partial charge in [-0.05, 0) is 32.3 Å². The zero-order valence-electron chi connectivity index (χ0n) is 7.94. The van der Waals surface area contributed by atoms with Gasteiger partial charge in [0, 0.05) is 5.70 Å². The normalized spacial score (nSPS) is 27.8. The Morgan fingerprint density at radius 3 is 2.33 bits per heavy atom. The summed E-state index contributed by atoms with van der Waals surface area (Å²) in [7, 11) is 0. The second-order valence-electron chi connectivity index (χ2n) is 4.01. The van der Waals surface area contributed by atoms with E-state index in [1.165, 1.54) is 43.4 Å². The quantitative estimate of drug-likeness (QED) is 0.598. The number of hydrogen-bond acceptors (Lipinski definition) is 2. The fourth-order valence-corrected chi connectivity index (χ4v) is 2.27. The van der Waals surface area contributed by atoms with Gasteiger partial charge in [0.05, 0.1) is 0 Å². The van der Waals surface area contributed by atoms with Crippen LogP contribution in [-0.4, -0.2) is 5.60 Å². The summed E-state index contributed by atoms with van der Waals surface area (Å²) in [6, 6.07) is 0. The Labute approximate surface area is 73.9 Å². The monoisotopic (exact) mass is 167 g/mol. The van der Waals surface area contributed by atoms with E-state index in [4.69, 9.17) is 4.84 Å². The molecule has 0 aromatic heterocycles. The molecule has 12 heavy (non-hydrogen) atoms. The lowest BCUT2D eigenvalue weighted by atomic mass is 9.80. The van der Waals surface area contributed by atoms with Crippen LogP contribution in [0.5, 0.6) is 0 Å². The van der Waals surface area contributed by atoms with Gasteiger partial charge in [-0.15, -0.1) is 0 Å². The molecule has 0 aromatic rings. The van der Waals surface area contributed by atoms with Gasteiger partial charge < -0.3 is 0 Å². The minimum absolute atomic E-state index is 0.0718. The van der Waals surface area contributed by atoms with E-state index in [0.29, 0.717) is 0 Å². The highest BCUT2D eigenvalue weighted by Crippen LogP contribution is 2.40. The van der Waals surface area contributed by atoms with Gasteiger partial charge in [0.15, 0.2) is 0 Å². The lowest BCUT2D eigenvalue weighted by molar-refractivity contribution is -0.0660. The SMILES string of the molecule is CC1=C(C)C2(CCCCC2)ON1. The Hall–Kier alpha value is -0.500. The zero-order chi connectivity index (χ0) is 8.60. The molecule has 0 saturated heterocycles. The van der Waals surface area contributed by atoms with Gasteiger partial charge in [-0.2, -0.15) is 0 Å². The first kappa shape index (κ1) is 8.11. The summed E-state index contributed by atoms with van der Waals surface area (Å²) in [6.07, 6.45) is 6.39. The standard InChI is InChI=1S/C10H17NO/c1-8-9(2)11-12-10(8)6-4-3-5-7-10/h11H,3-7H2,1-2H3. The molecular weight excluding hydrogens is 150 g/mol. The first-order valence-electron chi connectivity index (χ1n) is 4.87. The molecule has 0 atom stereocenters. The van der Waals surface area contributed by atoms with Crippen molar-refractivity contribution < 1.29 is 4.84 Å². The molecule has 1 heterocycles. The van der Waals surface area contributed by atoms with E-state index in [2.05, 4.69) is 19.3 Å². The Bertz CT molecular complexity index is 214. The van der Waals surface area contributed by atoms with E-state index >= 15 is 0 Å². The van der Waals surface area contributed by atoms with Crippen LogP contribution < -0.4 is 5.48 Å². The second kappa shape index (κ2) is 2.77. The Morgan fingerprint density at radius 2 is 1.83 bits per heavy atom. The molecule has 2 nitrogen and oxygen atoms in total. The molecule has 0 aromatic carbocycles. The van der Waals surface area contributed by atoms with Crippen molar-refractivity contribution in [1.29, 1.82) is 0 Å². The summed E-state index contributed by atoms with van der Waals surface area (Å²) in [5.74, 6) is 0. The van der Waals surface area contributed by atoms with Crippen molar-refractivity contribution >= 4 is 0 Å². The second-order valence-corrected chi connectivity index (χ2v) is 4.01. The predicted octanol–water partition coefficient (Wildman–Crippen LogP) is 2.52. The summed E-state index contributed by atoms with van der Waals surface area (Å²) in [5, 5.41) is 0. The molecular formula is C10H17NO. The number of rotatable bonds is 0. The van der Waals surface area contributed by atoms with Gasteiger partial charge in [0.25, 0.3) is 0 Å².